The zero-order chi connectivity index (χ0) is 23.5. The van der Waals surface area contributed by atoms with Gasteiger partial charge in [0, 0.05) is 73.0 Å². The molecular weight excluding hydrogens is 444 g/mol. The van der Waals surface area contributed by atoms with Crippen molar-refractivity contribution in [2.24, 2.45) is 0 Å². The highest BCUT2D eigenvalue weighted by Gasteiger charge is 2.17. The van der Waals surface area contributed by atoms with Crippen molar-refractivity contribution in [3.63, 3.8) is 0 Å². The molecule has 7 nitrogen and oxygen atoms in total. The van der Waals surface area contributed by atoms with Gasteiger partial charge in [-0.1, -0.05) is 6.92 Å². The molecule has 0 aliphatic carbocycles. The number of fused-ring (bicyclic) bond motifs is 1. The Morgan fingerprint density at radius 2 is 1.88 bits per heavy atom. The largest absolute Gasteiger partial charge is 0.369 e. The minimum absolute atomic E-state index is 0.123. The van der Waals surface area contributed by atoms with Crippen molar-refractivity contribution < 1.29 is 0 Å². The number of imidazole rings is 1. The summed E-state index contributed by atoms with van der Waals surface area (Å²) in [7, 11) is 0. The van der Waals surface area contributed by atoms with E-state index in [0.717, 1.165) is 67.4 Å². The monoisotopic (exact) mass is 474 g/mol. The summed E-state index contributed by atoms with van der Waals surface area (Å²) < 4.78 is 2.00. The van der Waals surface area contributed by atoms with Crippen LogP contribution in [0.5, 0.6) is 0 Å². The van der Waals surface area contributed by atoms with Gasteiger partial charge in [-0.3, -0.25) is 14.1 Å². The summed E-state index contributed by atoms with van der Waals surface area (Å²) in [5.41, 5.74) is 5.64. The van der Waals surface area contributed by atoms with E-state index in [4.69, 9.17) is 0 Å². The Balaban J connectivity index is 1.28. The molecule has 1 fully saturated rings. The molecule has 0 radical (unpaired) electrons. The molecule has 1 aromatic carbocycles. The van der Waals surface area contributed by atoms with Crippen LogP contribution in [-0.2, 0) is 0 Å². The number of nitrogens with zero attached hydrogens (tertiary/aromatic N) is 4. The highest BCUT2D eigenvalue weighted by Crippen LogP contribution is 2.28. The third-order valence-electron chi connectivity index (χ3n) is 6.37. The Bertz CT molecular complexity index is 1300. The van der Waals surface area contributed by atoms with E-state index >= 15 is 0 Å². The Labute approximate surface area is 204 Å². The van der Waals surface area contributed by atoms with Gasteiger partial charge in [-0.05, 0) is 55.4 Å². The van der Waals surface area contributed by atoms with E-state index in [1.807, 2.05) is 28.8 Å². The summed E-state index contributed by atoms with van der Waals surface area (Å²) in [6.45, 7) is 7.57. The number of rotatable bonds is 7. The van der Waals surface area contributed by atoms with Crippen molar-refractivity contribution in [2.75, 3.05) is 42.9 Å². The van der Waals surface area contributed by atoms with Gasteiger partial charge in [0.1, 0.15) is 0 Å². The average Bonchev–Trinajstić information content (AvgIpc) is 3.34. The summed E-state index contributed by atoms with van der Waals surface area (Å²) in [6, 6.07) is 16.1. The second-order valence-electron chi connectivity index (χ2n) is 8.83. The van der Waals surface area contributed by atoms with Crippen molar-refractivity contribution in [2.45, 2.75) is 18.6 Å². The van der Waals surface area contributed by atoms with Crippen molar-refractivity contribution in [3.05, 3.63) is 77.5 Å². The quantitative estimate of drug-likeness (QED) is 0.349. The molecule has 1 aliphatic heterocycles. The molecule has 34 heavy (non-hydrogen) atoms. The Morgan fingerprint density at radius 1 is 1.09 bits per heavy atom. The van der Waals surface area contributed by atoms with Crippen LogP contribution in [-0.4, -0.2) is 57.2 Å². The average molecular weight is 475 g/mol. The van der Waals surface area contributed by atoms with E-state index in [0.29, 0.717) is 5.25 Å². The third kappa shape index (κ3) is 4.98. The first-order valence-electron chi connectivity index (χ1n) is 11.7. The lowest BCUT2D eigenvalue weighted by atomic mass is 10.1. The van der Waals surface area contributed by atoms with Gasteiger partial charge in [-0.2, -0.15) is 12.6 Å². The summed E-state index contributed by atoms with van der Waals surface area (Å²) >= 11 is 4.50. The molecule has 8 heteroatoms. The predicted octanol–water partition coefficient (Wildman–Crippen LogP) is 4.26. The van der Waals surface area contributed by atoms with Gasteiger partial charge in [0.2, 0.25) is 5.56 Å². The van der Waals surface area contributed by atoms with Crippen LogP contribution in [0.1, 0.15) is 13.3 Å². The smallest absolute Gasteiger partial charge is 0.248 e. The number of piperazine rings is 1. The maximum atomic E-state index is 11.8. The SMILES string of the molecule is C[C@H](S)CCN1CCN(c2ccc(Nc3ccc(-c4cc[nH]c(=O)c4)n4ccnc34)cc2)CC1. The van der Waals surface area contributed by atoms with E-state index in [1.165, 1.54) is 5.69 Å². The third-order valence-corrected chi connectivity index (χ3v) is 6.62. The fourth-order valence-electron chi connectivity index (χ4n) is 4.46. The molecule has 0 amide bonds. The molecule has 0 bridgehead atoms. The molecule has 0 spiro atoms. The highest BCUT2D eigenvalue weighted by atomic mass is 32.1. The fourth-order valence-corrected chi connectivity index (χ4v) is 4.58. The number of pyridine rings is 2. The first kappa shape index (κ1) is 22.6. The molecule has 1 atom stereocenters. The first-order valence-corrected chi connectivity index (χ1v) is 12.3. The number of nitrogens with one attached hydrogen (secondary N) is 2. The van der Waals surface area contributed by atoms with Crippen molar-refractivity contribution in [1.29, 1.82) is 0 Å². The minimum Gasteiger partial charge on any atom is -0.369 e. The molecule has 1 saturated heterocycles. The van der Waals surface area contributed by atoms with Gasteiger partial charge in [-0.25, -0.2) is 4.98 Å². The van der Waals surface area contributed by atoms with Gasteiger partial charge >= 0.3 is 0 Å². The number of hydrogen-bond donors (Lipinski definition) is 3. The Morgan fingerprint density at radius 3 is 2.62 bits per heavy atom. The predicted molar refractivity (Wildman–Crippen MR) is 143 cm³/mol. The molecule has 0 unspecified atom stereocenters. The van der Waals surface area contributed by atoms with Crippen LogP contribution in [0.2, 0.25) is 0 Å². The van der Waals surface area contributed by atoms with Crippen LogP contribution >= 0.6 is 12.6 Å². The Kier molecular flexibility index (Phi) is 6.60. The summed E-state index contributed by atoms with van der Waals surface area (Å²) in [6.07, 6.45) is 6.49. The molecule has 176 valence electrons. The maximum Gasteiger partial charge on any atom is 0.248 e. The number of aromatic nitrogens is 3. The fraction of sp³-hybridized carbons (Fsp3) is 0.308. The van der Waals surface area contributed by atoms with E-state index in [2.05, 4.69) is 68.9 Å². The standard InChI is InChI=1S/C26H30N6OS/c1-19(34)9-12-30-14-16-31(17-15-30)22-4-2-21(3-5-22)29-23-6-7-24(32-13-11-28-26(23)32)20-8-10-27-25(33)18-20/h2-8,10-11,13,18-19,29,34H,9,12,14-17H2,1H3,(H,27,33)/t19-/m0/s1. The molecular formula is C26H30N6OS. The van der Waals surface area contributed by atoms with Crippen molar-refractivity contribution >= 4 is 35.3 Å². The lowest BCUT2D eigenvalue weighted by Crippen LogP contribution is -2.46. The molecule has 5 rings (SSSR count). The number of H-pyrrole nitrogens is 1. The topological polar surface area (TPSA) is 68.7 Å². The van der Waals surface area contributed by atoms with Crippen LogP contribution in [0.15, 0.2) is 71.9 Å². The van der Waals surface area contributed by atoms with Gasteiger partial charge in [-0.15, -0.1) is 0 Å². The lowest BCUT2D eigenvalue weighted by Gasteiger charge is -2.36. The zero-order valence-corrected chi connectivity index (χ0v) is 20.2. The molecule has 2 N–H and O–H groups in total. The number of hydrogen-bond acceptors (Lipinski definition) is 6. The molecule has 0 saturated carbocycles. The summed E-state index contributed by atoms with van der Waals surface area (Å²) in [4.78, 5) is 24.0. The number of aromatic amines is 1. The van der Waals surface area contributed by atoms with E-state index in [9.17, 15) is 4.79 Å². The van der Waals surface area contributed by atoms with Gasteiger partial charge in [0.05, 0.1) is 11.4 Å². The van der Waals surface area contributed by atoms with Gasteiger partial charge < -0.3 is 15.2 Å². The number of thiol groups is 1. The maximum absolute atomic E-state index is 11.8. The van der Waals surface area contributed by atoms with Crippen LogP contribution in [0.3, 0.4) is 0 Å². The molecule has 4 aromatic rings. The highest BCUT2D eigenvalue weighted by molar-refractivity contribution is 7.80. The lowest BCUT2D eigenvalue weighted by molar-refractivity contribution is 0.255. The van der Waals surface area contributed by atoms with E-state index in [1.54, 1.807) is 18.5 Å². The second-order valence-corrected chi connectivity index (χ2v) is 9.71. The molecule has 1 aliphatic rings. The Hall–Kier alpha value is -3.23. The van der Waals surface area contributed by atoms with E-state index < -0.39 is 0 Å². The second kappa shape index (κ2) is 9.95. The summed E-state index contributed by atoms with van der Waals surface area (Å²) in [5.74, 6) is 0. The van der Waals surface area contributed by atoms with Crippen molar-refractivity contribution in [3.8, 4) is 11.3 Å². The first-order chi connectivity index (χ1) is 16.6. The molecule has 4 heterocycles. The number of benzene rings is 1. The molecule has 3 aromatic heterocycles. The normalized spacial score (nSPS) is 15.5. The van der Waals surface area contributed by atoms with Crippen molar-refractivity contribution in [1.82, 2.24) is 19.3 Å². The van der Waals surface area contributed by atoms with Crippen LogP contribution in [0.25, 0.3) is 16.9 Å². The van der Waals surface area contributed by atoms with Gasteiger partial charge in [0.25, 0.3) is 0 Å². The number of anilines is 3. The van der Waals surface area contributed by atoms with Gasteiger partial charge in [0.15, 0.2) is 5.65 Å². The van der Waals surface area contributed by atoms with Crippen LogP contribution < -0.4 is 15.8 Å². The van der Waals surface area contributed by atoms with E-state index in [-0.39, 0.29) is 5.56 Å². The minimum atomic E-state index is -0.123. The van der Waals surface area contributed by atoms with Crippen LogP contribution in [0, 0.1) is 0 Å². The van der Waals surface area contributed by atoms with Crippen LogP contribution in [0.4, 0.5) is 17.1 Å². The zero-order valence-electron chi connectivity index (χ0n) is 19.3. The summed E-state index contributed by atoms with van der Waals surface area (Å²) in [5, 5.41) is 3.96.